The molecule has 2 aromatic carbocycles. The Morgan fingerprint density at radius 1 is 1.12 bits per heavy atom. The van der Waals surface area contributed by atoms with E-state index in [1.165, 1.54) is 11.1 Å². The van der Waals surface area contributed by atoms with Crippen molar-refractivity contribution in [2.24, 2.45) is 0 Å². The largest absolute Gasteiger partial charge is 0.444 e. The SMILES string of the molecule is CC(C)(C)OC(=O)N1CCC[C@H]1CNc1cccc(-c2ccccc2)c1. The molecule has 138 valence electrons. The Bertz CT molecular complexity index is 737. The van der Waals surface area contributed by atoms with E-state index in [1.807, 2.05) is 43.9 Å². The number of nitrogens with zero attached hydrogens (tertiary/aromatic N) is 1. The Hall–Kier alpha value is -2.49. The average Bonchev–Trinajstić information content (AvgIpc) is 3.08. The molecule has 0 aromatic heterocycles. The maximum atomic E-state index is 12.4. The fourth-order valence-corrected chi connectivity index (χ4v) is 3.28. The number of hydrogen-bond donors (Lipinski definition) is 1. The van der Waals surface area contributed by atoms with E-state index in [0.29, 0.717) is 0 Å². The Balaban J connectivity index is 1.62. The van der Waals surface area contributed by atoms with Gasteiger partial charge in [-0.05, 0) is 56.9 Å². The molecular weight excluding hydrogens is 324 g/mol. The van der Waals surface area contributed by atoms with Gasteiger partial charge in [-0.2, -0.15) is 0 Å². The van der Waals surface area contributed by atoms with Gasteiger partial charge in [-0.3, -0.25) is 0 Å². The van der Waals surface area contributed by atoms with Gasteiger partial charge in [0.25, 0.3) is 0 Å². The quantitative estimate of drug-likeness (QED) is 0.826. The van der Waals surface area contributed by atoms with Crippen LogP contribution in [0.1, 0.15) is 33.6 Å². The first-order valence-electron chi connectivity index (χ1n) is 9.31. The van der Waals surface area contributed by atoms with Crippen molar-refractivity contribution in [3.63, 3.8) is 0 Å². The summed E-state index contributed by atoms with van der Waals surface area (Å²) in [6.45, 7) is 7.22. The predicted molar refractivity (Wildman–Crippen MR) is 106 cm³/mol. The number of benzene rings is 2. The minimum atomic E-state index is -0.457. The number of amides is 1. The molecule has 2 aromatic rings. The van der Waals surface area contributed by atoms with E-state index in [9.17, 15) is 4.79 Å². The third-order valence-corrected chi connectivity index (χ3v) is 4.52. The smallest absolute Gasteiger partial charge is 0.410 e. The van der Waals surface area contributed by atoms with Crippen LogP contribution in [0.3, 0.4) is 0 Å². The summed E-state index contributed by atoms with van der Waals surface area (Å²) in [5.74, 6) is 0. The van der Waals surface area contributed by atoms with Crippen molar-refractivity contribution in [2.75, 3.05) is 18.4 Å². The number of nitrogens with one attached hydrogen (secondary N) is 1. The molecule has 1 fully saturated rings. The first-order valence-corrected chi connectivity index (χ1v) is 9.31. The van der Waals surface area contributed by atoms with Crippen LogP contribution in [-0.4, -0.2) is 35.7 Å². The molecule has 1 heterocycles. The third-order valence-electron chi connectivity index (χ3n) is 4.52. The molecular formula is C22H28N2O2. The Labute approximate surface area is 156 Å². The summed E-state index contributed by atoms with van der Waals surface area (Å²) in [7, 11) is 0. The van der Waals surface area contributed by atoms with E-state index in [4.69, 9.17) is 4.74 Å². The van der Waals surface area contributed by atoms with Crippen molar-refractivity contribution in [3.8, 4) is 11.1 Å². The van der Waals surface area contributed by atoms with Gasteiger partial charge in [0.2, 0.25) is 0 Å². The molecule has 0 radical (unpaired) electrons. The van der Waals surface area contributed by atoms with Crippen LogP contribution in [0.5, 0.6) is 0 Å². The number of carbonyl (C=O) groups is 1. The van der Waals surface area contributed by atoms with Gasteiger partial charge in [-0.15, -0.1) is 0 Å². The molecule has 1 aliphatic rings. The Kier molecular flexibility index (Phi) is 5.50. The van der Waals surface area contributed by atoms with Gasteiger partial charge < -0.3 is 15.0 Å². The van der Waals surface area contributed by atoms with Crippen LogP contribution in [0.2, 0.25) is 0 Å². The highest BCUT2D eigenvalue weighted by atomic mass is 16.6. The summed E-state index contributed by atoms with van der Waals surface area (Å²) in [5, 5.41) is 3.49. The molecule has 0 unspecified atom stereocenters. The molecule has 1 amide bonds. The lowest BCUT2D eigenvalue weighted by Crippen LogP contribution is -2.42. The topological polar surface area (TPSA) is 41.6 Å². The fourth-order valence-electron chi connectivity index (χ4n) is 3.28. The van der Waals surface area contributed by atoms with Crippen molar-refractivity contribution < 1.29 is 9.53 Å². The van der Waals surface area contributed by atoms with Gasteiger partial charge in [0.15, 0.2) is 0 Å². The van der Waals surface area contributed by atoms with Gasteiger partial charge >= 0.3 is 6.09 Å². The molecule has 0 aliphatic carbocycles. The molecule has 4 heteroatoms. The summed E-state index contributed by atoms with van der Waals surface area (Å²) in [6.07, 6.45) is 1.82. The number of likely N-dealkylation sites (tertiary alicyclic amines) is 1. The lowest BCUT2D eigenvalue weighted by atomic mass is 10.1. The second-order valence-electron chi connectivity index (χ2n) is 7.80. The fraction of sp³-hybridized carbons (Fsp3) is 0.409. The molecule has 26 heavy (non-hydrogen) atoms. The highest BCUT2D eigenvalue weighted by Gasteiger charge is 2.31. The summed E-state index contributed by atoms with van der Waals surface area (Å²) in [5.41, 5.74) is 3.00. The van der Waals surface area contributed by atoms with Gasteiger partial charge in [-0.1, -0.05) is 42.5 Å². The van der Waals surface area contributed by atoms with E-state index in [0.717, 1.165) is 31.6 Å². The van der Waals surface area contributed by atoms with Crippen molar-refractivity contribution in [1.29, 1.82) is 0 Å². The highest BCUT2D eigenvalue weighted by molar-refractivity contribution is 5.70. The average molecular weight is 352 g/mol. The maximum absolute atomic E-state index is 12.4. The zero-order valence-corrected chi connectivity index (χ0v) is 15.9. The van der Waals surface area contributed by atoms with Gasteiger partial charge in [0, 0.05) is 18.8 Å². The second-order valence-corrected chi connectivity index (χ2v) is 7.80. The Morgan fingerprint density at radius 2 is 1.85 bits per heavy atom. The van der Waals surface area contributed by atoms with Crippen LogP contribution >= 0.6 is 0 Å². The number of rotatable bonds is 4. The number of anilines is 1. The first kappa shape index (κ1) is 18.3. The van der Waals surface area contributed by atoms with Crippen molar-refractivity contribution in [2.45, 2.75) is 45.3 Å². The van der Waals surface area contributed by atoms with Crippen LogP contribution < -0.4 is 5.32 Å². The number of hydrogen-bond acceptors (Lipinski definition) is 3. The van der Waals surface area contributed by atoms with E-state index >= 15 is 0 Å². The third kappa shape index (κ3) is 4.78. The first-order chi connectivity index (χ1) is 12.4. The van der Waals surface area contributed by atoms with Crippen LogP contribution in [0, 0.1) is 0 Å². The van der Waals surface area contributed by atoms with Crippen molar-refractivity contribution in [1.82, 2.24) is 4.90 Å². The molecule has 1 N–H and O–H groups in total. The highest BCUT2D eigenvalue weighted by Crippen LogP contribution is 2.24. The van der Waals surface area contributed by atoms with Gasteiger partial charge in [0.1, 0.15) is 5.60 Å². The number of carbonyl (C=O) groups excluding carboxylic acids is 1. The number of ether oxygens (including phenoxy) is 1. The van der Waals surface area contributed by atoms with Crippen molar-refractivity contribution in [3.05, 3.63) is 54.6 Å². The maximum Gasteiger partial charge on any atom is 0.410 e. The monoisotopic (exact) mass is 352 g/mol. The summed E-state index contributed by atoms with van der Waals surface area (Å²) >= 11 is 0. The predicted octanol–water partition coefficient (Wildman–Crippen LogP) is 5.17. The van der Waals surface area contributed by atoms with Crippen LogP contribution in [0.15, 0.2) is 54.6 Å². The van der Waals surface area contributed by atoms with Gasteiger partial charge in [-0.25, -0.2) is 4.79 Å². The van der Waals surface area contributed by atoms with Crippen LogP contribution in [-0.2, 0) is 4.74 Å². The normalized spacial score (nSPS) is 17.2. The standard InChI is InChI=1S/C22H28N2O2/c1-22(2,3)26-21(25)24-14-8-13-20(24)16-23-19-12-7-11-18(15-19)17-9-5-4-6-10-17/h4-7,9-12,15,20,23H,8,13-14,16H2,1-3H3/t20-/m0/s1. The summed E-state index contributed by atoms with van der Waals surface area (Å²) < 4.78 is 5.54. The zero-order valence-electron chi connectivity index (χ0n) is 15.9. The van der Waals surface area contributed by atoms with Crippen molar-refractivity contribution >= 4 is 11.8 Å². The van der Waals surface area contributed by atoms with E-state index < -0.39 is 5.60 Å². The minimum absolute atomic E-state index is 0.172. The van der Waals surface area contributed by atoms with Crippen LogP contribution in [0.4, 0.5) is 10.5 Å². The molecule has 1 aliphatic heterocycles. The molecule has 1 atom stereocenters. The minimum Gasteiger partial charge on any atom is -0.444 e. The molecule has 3 rings (SSSR count). The van der Waals surface area contributed by atoms with E-state index in [1.54, 1.807) is 0 Å². The lowest BCUT2D eigenvalue weighted by molar-refractivity contribution is 0.0235. The molecule has 0 saturated carbocycles. The van der Waals surface area contributed by atoms with Crippen LogP contribution in [0.25, 0.3) is 11.1 Å². The summed E-state index contributed by atoms with van der Waals surface area (Å²) in [4.78, 5) is 14.3. The van der Waals surface area contributed by atoms with E-state index in [2.05, 4.69) is 41.7 Å². The second kappa shape index (κ2) is 7.81. The molecule has 0 bridgehead atoms. The molecule has 1 saturated heterocycles. The molecule has 4 nitrogen and oxygen atoms in total. The van der Waals surface area contributed by atoms with Gasteiger partial charge in [0.05, 0.1) is 6.04 Å². The van der Waals surface area contributed by atoms with E-state index in [-0.39, 0.29) is 12.1 Å². The Morgan fingerprint density at radius 3 is 2.58 bits per heavy atom. The lowest BCUT2D eigenvalue weighted by Gasteiger charge is -2.29. The zero-order chi connectivity index (χ0) is 18.6. The molecule has 0 spiro atoms. The summed E-state index contributed by atoms with van der Waals surface area (Å²) in [6, 6.07) is 18.9.